The fraction of sp³-hybridized carbons (Fsp3) is 0.317. The van der Waals surface area contributed by atoms with Gasteiger partial charge in [-0.15, -0.1) is 0 Å². The second-order valence-electron chi connectivity index (χ2n) is 12.3. The van der Waals surface area contributed by atoms with Crippen LogP contribution < -0.4 is 31.5 Å². The lowest BCUT2D eigenvalue weighted by atomic mass is 10.1. The van der Waals surface area contributed by atoms with Crippen molar-refractivity contribution >= 4 is 40.1 Å². The maximum absolute atomic E-state index is 12.7. The number of pyridine rings is 2. The minimum absolute atomic E-state index is 0. The molecule has 15 nitrogen and oxygen atoms in total. The average Bonchev–Trinajstić information content (AvgIpc) is 3.44. The molecule has 1 amide bonds. The second-order valence-corrected chi connectivity index (χ2v) is 12.3. The van der Waals surface area contributed by atoms with Gasteiger partial charge in [-0.3, -0.25) is 19.6 Å². The van der Waals surface area contributed by atoms with Crippen LogP contribution in [0.1, 0.15) is 64.3 Å². The van der Waals surface area contributed by atoms with Crippen molar-refractivity contribution in [2.45, 2.75) is 68.0 Å². The molecule has 0 fully saturated rings. The summed E-state index contributed by atoms with van der Waals surface area (Å²) in [5.41, 5.74) is 16.5. The molecule has 0 saturated heterocycles. The summed E-state index contributed by atoms with van der Waals surface area (Å²) in [4.78, 5) is 48.2. The quantitative estimate of drug-likeness (QED) is 0.0898. The monoisotopic (exact) mass is 768 g/mol. The number of allylic oxidation sites excluding steroid dienone is 2. The molecule has 0 spiro atoms. The van der Waals surface area contributed by atoms with Gasteiger partial charge in [-0.25, -0.2) is 9.59 Å². The van der Waals surface area contributed by atoms with Gasteiger partial charge in [-0.1, -0.05) is 95.1 Å². The zero-order valence-electron chi connectivity index (χ0n) is 29.2. The summed E-state index contributed by atoms with van der Waals surface area (Å²) in [6.45, 7) is 3.17. The number of carbonyl (C=O) groups is 1. The van der Waals surface area contributed by atoms with Crippen molar-refractivity contribution in [1.29, 1.82) is 0 Å². The Hall–Kier alpha value is -6.64. The number of carbonyl (C=O) groups excluding carboxylic acids is 1. The van der Waals surface area contributed by atoms with Crippen molar-refractivity contribution in [1.82, 2.24) is 19.5 Å². The molecule has 2 aliphatic heterocycles. The second kappa shape index (κ2) is 20.2. The van der Waals surface area contributed by atoms with Crippen LogP contribution in [0.3, 0.4) is 0 Å². The SMILES string of the molecule is C.C.C.CCOC(=O)N1Cc2cccc(c2)C/C=C/CCOc2cc1c([N+](=O)[O-])c(N)n2.Nc1nc2cc3c1[nH]c(=O)n3Cc1cccc(c1)C/C=C/CCO2. The fourth-order valence-electron chi connectivity index (χ4n) is 6.03. The molecule has 8 bridgehead atoms. The number of nitrogens with zero attached hydrogens (tertiary/aromatic N) is 5. The Bertz CT molecular complexity index is 2250. The number of aromatic amines is 1. The lowest BCUT2D eigenvalue weighted by Gasteiger charge is -2.23. The van der Waals surface area contributed by atoms with E-state index in [1.54, 1.807) is 17.6 Å². The number of imidazole rings is 1. The number of nitrogen functional groups attached to an aromatic ring is 2. The average molecular weight is 769 g/mol. The van der Waals surface area contributed by atoms with Crippen LogP contribution >= 0.6 is 0 Å². The molecule has 0 atom stereocenters. The van der Waals surface area contributed by atoms with E-state index in [1.807, 2.05) is 48.6 Å². The van der Waals surface area contributed by atoms with E-state index in [0.29, 0.717) is 43.1 Å². The van der Waals surface area contributed by atoms with E-state index in [1.165, 1.54) is 16.5 Å². The van der Waals surface area contributed by atoms with Gasteiger partial charge in [0.15, 0.2) is 5.82 Å². The number of H-pyrrole nitrogens is 1. The van der Waals surface area contributed by atoms with E-state index < -0.39 is 16.7 Å². The predicted molar refractivity (Wildman–Crippen MR) is 221 cm³/mol. The van der Waals surface area contributed by atoms with E-state index in [2.05, 4.69) is 39.2 Å². The maximum atomic E-state index is 12.7. The van der Waals surface area contributed by atoms with E-state index >= 15 is 0 Å². The standard InChI is InChI=1S/C20H22N4O5.C18H18N4O2.3CH4/c1-2-28-20(25)23-13-15-9-6-8-14(11-15)7-4-3-5-10-29-17-12-16(23)18(24(26)27)19(21)22-17;19-17-16-14-10-15(20-17)24-8-3-1-2-5-12-6-4-7-13(9-12)11-22(14)18(23)21-16;;;/h3-4,6,8-9,11-12H,2,5,7,10,13H2,1H3,(H2,21,22);1-2,4,6-7,9-10H,3,5,8,11H2,(H2,19,20)(H,21,23);3*1H4/b4-3+;2-1+;;;. The molecule has 0 saturated carbocycles. The topological polar surface area (TPSA) is 207 Å². The molecule has 0 aliphatic carbocycles. The molecule has 5 N–H and O–H groups in total. The van der Waals surface area contributed by atoms with Crippen LogP contribution in [0.4, 0.5) is 27.8 Å². The molecular weight excluding hydrogens is 716 g/mol. The van der Waals surface area contributed by atoms with Crippen molar-refractivity contribution in [2.24, 2.45) is 0 Å². The van der Waals surface area contributed by atoms with Gasteiger partial charge in [0.25, 0.3) is 0 Å². The highest BCUT2D eigenvalue weighted by Gasteiger charge is 2.30. The highest BCUT2D eigenvalue weighted by Crippen LogP contribution is 2.37. The number of hydrogen-bond acceptors (Lipinski definition) is 11. The number of rotatable bonds is 2. The zero-order valence-corrected chi connectivity index (χ0v) is 29.2. The molecule has 0 unspecified atom stereocenters. The smallest absolute Gasteiger partial charge is 0.414 e. The summed E-state index contributed by atoms with van der Waals surface area (Å²) in [5.74, 6) is 0.492. The maximum Gasteiger partial charge on any atom is 0.414 e. The fourth-order valence-corrected chi connectivity index (χ4v) is 6.03. The molecule has 0 radical (unpaired) electrons. The van der Waals surface area contributed by atoms with E-state index in [0.717, 1.165) is 36.0 Å². The number of amides is 1. The number of nitrogens with one attached hydrogen (secondary N) is 1. The van der Waals surface area contributed by atoms with Crippen molar-refractivity contribution in [2.75, 3.05) is 36.2 Å². The molecule has 3 aromatic heterocycles. The first kappa shape index (κ1) is 43.8. The third kappa shape index (κ3) is 10.5. The van der Waals surface area contributed by atoms with E-state index in [9.17, 15) is 19.7 Å². The molecule has 5 aromatic rings. The van der Waals surface area contributed by atoms with Crippen LogP contribution in [0, 0.1) is 10.1 Å². The number of fused-ring (bicyclic) bond motifs is 7. The minimum Gasteiger partial charge on any atom is -0.477 e. The summed E-state index contributed by atoms with van der Waals surface area (Å²) in [7, 11) is 0. The van der Waals surface area contributed by atoms with Crippen LogP contribution in [-0.4, -0.2) is 50.4 Å². The van der Waals surface area contributed by atoms with Gasteiger partial charge in [0.2, 0.25) is 17.6 Å². The van der Waals surface area contributed by atoms with Gasteiger partial charge in [0, 0.05) is 12.1 Å². The summed E-state index contributed by atoms with van der Waals surface area (Å²) < 4.78 is 18.1. The molecule has 15 heteroatoms. The third-order valence-corrected chi connectivity index (χ3v) is 8.48. The number of nitrogens with two attached hydrogens (primary N) is 2. The highest BCUT2D eigenvalue weighted by atomic mass is 16.6. The van der Waals surface area contributed by atoms with Crippen molar-refractivity contribution in [3.63, 3.8) is 0 Å². The van der Waals surface area contributed by atoms with Gasteiger partial charge >= 0.3 is 17.5 Å². The summed E-state index contributed by atoms with van der Waals surface area (Å²) in [6.07, 6.45) is 10.6. The van der Waals surface area contributed by atoms with Crippen molar-refractivity contribution in [3.8, 4) is 11.8 Å². The molecule has 298 valence electrons. The Balaban J connectivity index is 0.000000289. The lowest BCUT2D eigenvalue weighted by Crippen LogP contribution is -2.32. The number of hydrogen-bond donors (Lipinski definition) is 3. The van der Waals surface area contributed by atoms with Crippen LogP contribution in [-0.2, 0) is 30.7 Å². The van der Waals surface area contributed by atoms with Crippen LogP contribution in [0.5, 0.6) is 11.8 Å². The lowest BCUT2D eigenvalue weighted by molar-refractivity contribution is -0.383. The number of anilines is 3. The van der Waals surface area contributed by atoms with Crippen LogP contribution in [0.15, 0.2) is 89.8 Å². The Morgan fingerprint density at radius 2 is 1.39 bits per heavy atom. The predicted octanol–water partition coefficient (Wildman–Crippen LogP) is 7.76. The molecule has 7 rings (SSSR count). The molecule has 2 aliphatic rings. The van der Waals surface area contributed by atoms with E-state index in [4.69, 9.17) is 25.7 Å². The Kier molecular flexibility index (Phi) is 15.8. The van der Waals surface area contributed by atoms with Gasteiger partial charge in [-0.05, 0) is 54.9 Å². The summed E-state index contributed by atoms with van der Waals surface area (Å²) >= 11 is 0. The molecular formula is C41H52N8O7. The normalized spacial score (nSPS) is 14.6. The Labute approximate surface area is 326 Å². The summed E-state index contributed by atoms with van der Waals surface area (Å²) in [5, 5.41) is 11.7. The van der Waals surface area contributed by atoms with Crippen LogP contribution in [0.25, 0.3) is 11.0 Å². The number of benzene rings is 2. The van der Waals surface area contributed by atoms with Gasteiger partial charge in [0.05, 0.1) is 43.4 Å². The number of ether oxygens (including phenoxy) is 3. The zero-order chi connectivity index (χ0) is 37.3. The minimum atomic E-state index is -0.718. The first-order valence-electron chi connectivity index (χ1n) is 17.2. The molecule has 2 aromatic carbocycles. The Morgan fingerprint density at radius 3 is 1.98 bits per heavy atom. The van der Waals surface area contributed by atoms with Crippen LogP contribution in [0.2, 0.25) is 0 Å². The first-order chi connectivity index (χ1) is 25.7. The van der Waals surface area contributed by atoms with E-state index in [-0.39, 0.29) is 64.3 Å². The van der Waals surface area contributed by atoms with Gasteiger partial charge in [-0.2, -0.15) is 9.97 Å². The van der Waals surface area contributed by atoms with Gasteiger partial charge in [0.1, 0.15) is 11.2 Å². The largest absolute Gasteiger partial charge is 0.477 e. The molecule has 5 heterocycles. The number of nitro groups is 1. The summed E-state index contributed by atoms with van der Waals surface area (Å²) in [6, 6.07) is 19.1. The third-order valence-electron chi connectivity index (χ3n) is 8.48. The van der Waals surface area contributed by atoms with Crippen molar-refractivity contribution < 1.29 is 23.9 Å². The first-order valence-corrected chi connectivity index (χ1v) is 17.2. The Morgan fingerprint density at radius 1 is 0.839 bits per heavy atom. The van der Waals surface area contributed by atoms with Crippen molar-refractivity contribution in [3.05, 3.63) is 128 Å². The molecule has 56 heavy (non-hydrogen) atoms. The highest BCUT2D eigenvalue weighted by molar-refractivity contribution is 5.93. The van der Waals surface area contributed by atoms with Gasteiger partial charge < -0.3 is 30.7 Å². The number of aromatic nitrogens is 4.